The number of nitrogens with zero attached hydrogens (tertiary/aromatic N) is 4. The van der Waals surface area contributed by atoms with E-state index in [-0.39, 0.29) is 44.1 Å². The smallest absolute Gasteiger partial charge is 0.651 e. The number of hydrogen-bond donors (Lipinski definition) is 4. The molecule has 26 heavy (non-hydrogen) atoms. The zero-order chi connectivity index (χ0) is 19.7. The molecule has 0 heterocycles. The summed E-state index contributed by atoms with van der Waals surface area (Å²) in [5.41, 5.74) is 9.99. The van der Waals surface area contributed by atoms with Crippen LogP contribution in [0, 0.1) is 0 Å². The van der Waals surface area contributed by atoms with Gasteiger partial charge in [-0.2, -0.15) is 0 Å². The molecule has 158 valence electrons. The maximum atomic E-state index is 8.31. The molecule has 0 amide bonds. The minimum Gasteiger partial charge on any atom is -0.651 e. The Morgan fingerprint density at radius 1 is 0.692 bits per heavy atom. The van der Waals surface area contributed by atoms with Crippen LogP contribution in [0.5, 0.6) is 0 Å². The molecular weight excluding hydrogens is 426 g/mol. The fourth-order valence-corrected chi connectivity index (χ4v) is 1.18. The first kappa shape index (κ1) is 33.4. The van der Waals surface area contributed by atoms with E-state index in [1.807, 2.05) is 55.4 Å². The van der Waals surface area contributed by atoms with Gasteiger partial charge < -0.3 is 32.5 Å². The summed E-state index contributed by atoms with van der Waals surface area (Å²) in [4.78, 5) is 0. The van der Waals surface area contributed by atoms with Gasteiger partial charge in [0.2, 0.25) is 0 Å². The Labute approximate surface area is 178 Å². The molecule has 0 unspecified atom stereocenters. The van der Waals surface area contributed by atoms with Crippen LogP contribution in [0.1, 0.15) is 55.4 Å². The molecule has 0 aliphatic rings. The van der Waals surface area contributed by atoms with Crippen LogP contribution in [0.15, 0.2) is 10.3 Å². The van der Waals surface area contributed by atoms with Crippen LogP contribution < -0.4 is 11.5 Å². The fourth-order valence-electron chi connectivity index (χ4n) is 1.18. The summed E-state index contributed by atoms with van der Waals surface area (Å²) in [6.07, 6.45) is 2.78. The van der Waals surface area contributed by atoms with Crippen molar-refractivity contribution in [3.05, 3.63) is 10.6 Å². The van der Waals surface area contributed by atoms with E-state index in [0.29, 0.717) is 13.1 Å². The van der Waals surface area contributed by atoms with Crippen molar-refractivity contribution < 1.29 is 43.4 Å². The molecular formula is C16H36N6Ni2O2+4. The van der Waals surface area contributed by atoms with Crippen molar-refractivity contribution in [3.8, 4) is 0 Å². The van der Waals surface area contributed by atoms with E-state index in [1.54, 1.807) is 0 Å². The first-order valence-corrected chi connectivity index (χ1v) is 7.86. The Kier molecular flexibility index (Phi) is 17.8. The van der Waals surface area contributed by atoms with Crippen molar-refractivity contribution in [2.24, 2.45) is 21.8 Å². The van der Waals surface area contributed by atoms with Gasteiger partial charge in [0.15, 0.2) is 0 Å². The van der Waals surface area contributed by atoms with Crippen molar-refractivity contribution in [1.29, 1.82) is 0 Å². The Balaban J connectivity index is -0.000000173. The van der Waals surface area contributed by atoms with Crippen molar-refractivity contribution >= 4 is 12.4 Å². The predicted octanol–water partition coefficient (Wildman–Crippen LogP) is 2.67. The second-order valence-electron chi connectivity index (χ2n) is 8.41. The Morgan fingerprint density at radius 2 is 0.923 bits per heavy atom. The van der Waals surface area contributed by atoms with Gasteiger partial charge in [-0.05, 0) is 38.8 Å². The third-order valence-electron chi connectivity index (χ3n) is 2.54. The van der Waals surface area contributed by atoms with Gasteiger partial charge in [-0.25, -0.2) is 0 Å². The number of nitrogens with two attached hydrogens (primary N) is 2. The summed E-state index contributed by atoms with van der Waals surface area (Å²) in [5.74, 6) is 0. The fraction of sp³-hybridized carbons (Fsp3) is 0.875. The molecule has 0 saturated heterocycles. The van der Waals surface area contributed by atoms with Crippen LogP contribution in [0.3, 0.4) is 0 Å². The third kappa shape index (κ3) is 26.0. The van der Waals surface area contributed by atoms with Crippen LogP contribution in [0.4, 0.5) is 0 Å². The molecule has 2 radical (unpaired) electrons. The number of hydrogen-bond acceptors (Lipinski definition) is 6. The van der Waals surface area contributed by atoms with Gasteiger partial charge >= 0.3 is 33.0 Å². The van der Waals surface area contributed by atoms with Crippen molar-refractivity contribution in [2.45, 2.75) is 77.5 Å². The molecule has 0 aromatic rings. The van der Waals surface area contributed by atoms with Gasteiger partial charge in [0.25, 0.3) is 0 Å². The minimum absolute atomic E-state index is 0. The molecule has 0 atom stereocenters. The van der Waals surface area contributed by atoms with Crippen molar-refractivity contribution in [3.63, 3.8) is 0 Å². The first-order valence-electron chi connectivity index (χ1n) is 7.86. The third-order valence-corrected chi connectivity index (χ3v) is 2.54. The number of rotatable bonds is 8. The van der Waals surface area contributed by atoms with Crippen molar-refractivity contribution in [1.82, 2.24) is 0 Å². The standard InChI is InChI=1S/2C8H18N3O.2Ni/c2*1-7(2,9)5-10-8(3,4)6-11-12;;/h2*6,12H,5,9H2,1-4H3;;/q2*-1;2*+3. The van der Waals surface area contributed by atoms with E-state index in [1.165, 1.54) is 12.4 Å². The molecule has 0 fully saturated rings. The van der Waals surface area contributed by atoms with E-state index in [2.05, 4.69) is 20.9 Å². The monoisotopic (exact) mass is 460 g/mol. The molecule has 0 aliphatic heterocycles. The van der Waals surface area contributed by atoms with Gasteiger partial charge in [-0.3, -0.25) is 0 Å². The first-order chi connectivity index (χ1) is 10.5. The zero-order valence-corrected chi connectivity index (χ0v) is 19.0. The van der Waals surface area contributed by atoms with Crippen LogP contribution >= 0.6 is 0 Å². The molecule has 0 aliphatic carbocycles. The molecule has 6 N–H and O–H groups in total. The summed E-state index contributed by atoms with van der Waals surface area (Å²) in [6, 6.07) is 0. The van der Waals surface area contributed by atoms with E-state index in [0.717, 1.165) is 0 Å². The second-order valence-corrected chi connectivity index (χ2v) is 8.41. The second kappa shape index (κ2) is 13.9. The van der Waals surface area contributed by atoms with E-state index in [9.17, 15) is 0 Å². The van der Waals surface area contributed by atoms with E-state index >= 15 is 0 Å². The quantitative estimate of drug-likeness (QED) is 0.190. The summed E-state index contributed by atoms with van der Waals surface area (Å²) in [7, 11) is 0. The van der Waals surface area contributed by atoms with Gasteiger partial charge in [0.05, 0.1) is 0 Å². The van der Waals surface area contributed by atoms with E-state index in [4.69, 9.17) is 21.9 Å². The molecule has 0 saturated carbocycles. The number of oxime groups is 2. The maximum absolute atomic E-state index is 8.31. The molecule has 0 aromatic carbocycles. The summed E-state index contributed by atoms with van der Waals surface area (Å²) < 4.78 is 0. The Morgan fingerprint density at radius 3 is 1.08 bits per heavy atom. The normalized spacial score (nSPS) is 13.0. The molecule has 0 spiro atoms. The Bertz CT molecular complexity index is 365. The molecule has 0 rings (SSSR count). The molecule has 8 nitrogen and oxygen atoms in total. The Hall–Kier alpha value is -0.233. The average molecular weight is 462 g/mol. The summed E-state index contributed by atoms with van der Waals surface area (Å²) in [6.45, 7) is 16.2. The molecule has 10 heteroatoms. The predicted molar refractivity (Wildman–Crippen MR) is 102 cm³/mol. The van der Waals surface area contributed by atoms with Crippen LogP contribution in [0.25, 0.3) is 10.6 Å². The summed E-state index contributed by atoms with van der Waals surface area (Å²) in [5, 5.41) is 31.1. The van der Waals surface area contributed by atoms with Crippen LogP contribution in [-0.4, -0.2) is 58.1 Å². The maximum Gasteiger partial charge on any atom is 3.00 e. The van der Waals surface area contributed by atoms with Crippen molar-refractivity contribution in [2.75, 3.05) is 13.1 Å². The van der Waals surface area contributed by atoms with E-state index < -0.39 is 11.1 Å². The van der Waals surface area contributed by atoms with Gasteiger partial charge in [-0.1, -0.05) is 38.8 Å². The van der Waals surface area contributed by atoms with Gasteiger partial charge in [-0.15, -0.1) is 23.4 Å². The average Bonchev–Trinajstić information content (AvgIpc) is 2.34. The topological polar surface area (TPSA) is 145 Å². The van der Waals surface area contributed by atoms with Crippen LogP contribution in [0.2, 0.25) is 0 Å². The minimum atomic E-state index is -0.439. The van der Waals surface area contributed by atoms with Gasteiger partial charge in [0, 0.05) is 12.4 Å². The SMILES string of the molecule is CC(C)(N)C[N-]C(C)(C)C=NO.CC(C)(N)C[N-]C(C)(C)C=NO.[Ni+3].[Ni+3]. The molecule has 0 bridgehead atoms. The van der Waals surface area contributed by atoms with Gasteiger partial charge in [0.1, 0.15) is 0 Å². The van der Waals surface area contributed by atoms with Crippen LogP contribution in [-0.2, 0) is 33.0 Å². The largest absolute Gasteiger partial charge is 3.00 e. The zero-order valence-electron chi connectivity index (χ0n) is 17.0. The summed E-state index contributed by atoms with van der Waals surface area (Å²) >= 11 is 0. The molecule has 0 aromatic heterocycles.